The van der Waals surface area contributed by atoms with E-state index in [-0.39, 0.29) is 34.7 Å². The second-order valence-corrected chi connectivity index (χ2v) is 8.57. The van der Waals surface area contributed by atoms with Gasteiger partial charge in [0, 0.05) is 28.7 Å². The summed E-state index contributed by atoms with van der Waals surface area (Å²) in [6.07, 6.45) is 6.49. The van der Waals surface area contributed by atoms with Crippen LogP contribution in [0, 0.1) is 52.4 Å². The molecule has 4 heteroatoms. The molecular formula is C24H24N2O2. The van der Waals surface area contributed by atoms with Crippen LogP contribution in [0.25, 0.3) is 4.85 Å². The number of carbonyl (C=O) groups excluding carboxylic acids is 2. The third-order valence-corrected chi connectivity index (χ3v) is 6.57. The van der Waals surface area contributed by atoms with Crippen molar-refractivity contribution in [1.29, 1.82) is 5.26 Å². The van der Waals surface area contributed by atoms with Gasteiger partial charge in [-0.05, 0) is 36.8 Å². The van der Waals surface area contributed by atoms with Crippen molar-refractivity contribution < 1.29 is 9.59 Å². The molecule has 0 bridgehead atoms. The van der Waals surface area contributed by atoms with Crippen molar-refractivity contribution in [3.8, 4) is 17.9 Å². The highest BCUT2D eigenvalue weighted by Gasteiger charge is 2.56. The molecule has 1 fully saturated rings. The predicted octanol–water partition coefficient (Wildman–Crippen LogP) is 4.56. The van der Waals surface area contributed by atoms with Crippen molar-refractivity contribution >= 4 is 11.6 Å². The molecule has 3 aliphatic rings. The Morgan fingerprint density at radius 1 is 1.29 bits per heavy atom. The minimum absolute atomic E-state index is 0.00165. The van der Waals surface area contributed by atoms with E-state index in [0.717, 1.165) is 24.8 Å². The molecule has 0 heterocycles. The van der Waals surface area contributed by atoms with Crippen molar-refractivity contribution in [1.82, 2.24) is 0 Å². The third-order valence-electron chi connectivity index (χ3n) is 6.57. The molecule has 0 saturated heterocycles. The Labute approximate surface area is 166 Å². The molecule has 0 N–H and O–H groups in total. The van der Waals surface area contributed by atoms with Crippen molar-refractivity contribution in [2.24, 2.45) is 22.7 Å². The SMILES string of the molecule is [C-]#[N+]C1=CC2(C)C3=CC(=O)C(C#N)=C(C#CCCC)C3CCC2C(C)(C)C1=O. The Balaban J connectivity index is 2.19. The second-order valence-electron chi connectivity index (χ2n) is 8.57. The first-order chi connectivity index (χ1) is 13.2. The van der Waals surface area contributed by atoms with E-state index >= 15 is 0 Å². The number of carbonyl (C=O) groups is 2. The molecule has 3 unspecified atom stereocenters. The number of hydrogen-bond acceptors (Lipinski definition) is 3. The number of nitriles is 1. The summed E-state index contributed by atoms with van der Waals surface area (Å²) in [5.41, 5.74) is 0.548. The fourth-order valence-corrected chi connectivity index (χ4v) is 5.20. The minimum atomic E-state index is -0.675. The van der Waals surface area contributed by atoms with Gasteiger partial charge in [0.05, 0.1) is 6.57 Å². The lowest BCUT2D eigenvalue weighted by molar-refractivity contribution is -0.129. The summed E-state index contributed by atoms with van der Waals surface area (Å²) < 4.78 is 0. The van der Waals surface area contributed by atoms with E-state index in [9.17, 15) is 14.9 Å². The van der Waals surface area contributed by atoms with E-state index in [1.807, 2.05) is 27.7 Å². The maximum atomic E-state index is 12.8. The van der Waals surface area contributed by atoms with Gasteiger partial charge in [-0.2, -0.15) is 5.26 Å². The average molecular weight is 372 g/mol. The molecule has 4 nitrogen and oxygen atoms in total. The highest BCUT2D eigenvalue weighted by atomic mass is 16.1. The van der Waals surface area contributed by atoms with E-state index in [1.54, 1.807) is 12.2 Å². The first-order valence-corrected chi connectivity index (χ1v) is 9.77. The monoisotopic (exact) mass is 372 g/mol. The van der Waals surface area contributed by atoms with Crippen LogP contribution in [0.1, 0.15) is 53.4 Å². The highest BCUT2D eigenvalue weighted by Crippen LogP contribution is 2.60. The zero-order valence-electron chi connectivity index (χ0n) is 16.8. The largest absolute Gasteiger partial charge is 0.307 e. The van der Waals surface area contributed by atoms with Crippen LogP contribution in [-0.2, 0) is 9.59 Å². The summed E-state index contributed by atoms with van der Waals surface area (Å²) in [7, 11) is 0. The maximum absolute atomic E-state index is 12.8. The zero-order valence-corrected chi connectivity index (χ0v) is 16.8. The fraction of sp³-hybridized carbons (Fsp3) is 0.500. The first kappa shape index (κ1) is 19.9. The molecule has 3 atom stereocenters. The number of nitrogens with zero attached hydrogens (tertiary/aromatic N) is 2. The number of fused-ring (bicyclic) bond motifs is 3. The third kappa shape index (κ3) is 2.75. The lowest BCUT2D eigenvalue weighted by atomic mass is 9.48. The van der Waals surface area contributed by atoms with Gasteiger partial charge in [0.2, 0.25) is 5.70 Å². The Morgan fingerprint density at radius 2 is 2.00 bits per heavy atom. The number of ketones is 2. The average Bonchev–Trinajstić information content (AvgIpc) is 2.65. The lowest BCUT2D eigenvalue weighted by Crippen LogP contribution is -2.51. The minimum Gasteiger partial charge on any atom is -0.307 e. The molecule has 0 aromatic carbocycles. The fourth-order valence-electron chi connectivity index (χ4n) is 5.20. The van der Waals surface area contributed by atoms with Crippen LogP contribution < -0.4 is 0 Å². The maximum Gasteiger partial charge on any atom is 0.226 e. The number of hydrogen-bond donors (Lipinski definition) is 0. The van der Waals surface area contributed by atoms with Gasteiger partial charge in [0.1, 0.15) is 11.6 Å². The van der Waals surface area contributed by atoms with Gasteiger partial charge in [-0.1, -0.05) is 45.6 Å². The van der Waals surface area contributed by atoms with Gasteiger partial charge in [0.25, 0.3) is 0 Å². The first-order valence-electron chi connectivity index (χ1n) is 9.77. The lowest BCUT2D eigenvalue weighted by Gasteiger charge is -2.54. The normalized spacial score (nSPS) is 30.6. The number of unbranched alkanes of at least 4 members (excludes halogenated alkanes) is 1. The predicted molar refractivity (Wildman–Crippen MR) is 106 cm³/mol. The Hall–Kier alpha value is -2.90. The quantitative estimate of drug-likeness (QED) is 0.500. The van der Waals surface area contributed by atoms with E-state index < -0.39 is 10.8 Å². The number of allylic oxidation sites excluding steroid dienone is 6. The van der Waals surface area contributed by atoms with Crippen LogP contribution in [0.5, 0.6) is 0 Å². The van der Waals surface area contributed by atoms with Crippen molar-refractivity contribution in [2.45, 2.75) is 53.4 Å². The van der Waals surface area contributed by atoms with Crippen molar-refractivity contribution in [3.05, 3.63) is 46.0 Å². The van der Waals surface area contributed by atoms with E-state index in [1.165, 1.54) is 0 Å². The topological polar surface area (TPSA) is 62.3 Å². The van der Waals surface area contributed by atoms with Gasteiger partial charge in [-0.15, -0.1) is 0 Å². The molecule has 1 saturated carbocycles. The summed E-state index contributed by atoms with van der Waals surface area (Å²) >= 11 is 0. The molecule has 3 aliphatic carbocycles. The van der Waals surface area contributed by atoms with Crippen LogP contribution in [0.3, 0.4) is 0 Å². The van der Waals surface area contributed by atoms with E-state index in [4.69, 9.17) is 6.57 Å². The summed E-state index contributed by atoms with van der Waals surface area (Å²) in [4.78, 5) is 29.0. The Morgan fingerprint density at radius 3 is 2.61 bits per heavy atom. The van der Waals surface area contributed by atoms with E-state index in [0.29, 0.717) is 12.0 Å². The van der Waals surface area contributed by atoms with Gasteiger partial charge < -0.3 is 4.79 Å². The van der Waals surface area contributed by atoms with Crippen LogP contribution in [0.2, 0.25) is 0 Å². The van der Waals surface area contributed by atoms with Crippen LogP contribution >= 0.6 is 0 Å². The molecule has 0 aromatic rings. The standard InChI is InChI=1S/C24H24N2O2/c1-6-7-8-9-15-16-10-11-21-23(2,3)22(28)19(26-5)13-24(21,4)18(16)12-20(27)17(15)14-25/h12-13,16,21H,6-7,10-11H2,1-4H3. The zero-order chi connectivity index (χ0) is 20.7. The van der Waals surface area contributed by atoms with Gasteiger partial charge in [0.15, 0.2) is 11.6 Å². The molecule has 28 heavy (non-hydrogen) atoms. The van der Waals surface area contributed by atoms with Crippen LogP contribution in [0.4, 0.5) is 0 Å². The van der Waals surface area contributed by atoms with Crippen molar-refractivity contribution in [2.75, 3.05) is 0 Å². The van der Waals surface area contributed by atoms with Gasteiger partial charge >= 0.3 is 0 Å². The molecule has 142 valence electrons. The smallest absolute Gasteiger partial charge is 0.226 e. The summed E-state index contributed by atoms with van der Waals surface area (Å²) in [5, 5.41) is 9.55. The molecule has 0 aromatic heterocycles. The van der Waals surface area contributed by atoms with Crippen LogP contribution in [-0.4, -0.2) is 11.6 Å². The summed E-state index contributed by atoms with van der Waals surface area (Å²) in [6.45, 7) is 15.3. The van der Waals surface area contributed by atoms with E-state index in [2.05, 4.69) is 22.8 Å². The van der Waals surface area contributed by atoms with Crippen LogP contribution in [0.15, 0.2) is 34.6 Å². The van der Waals surface area contributed by atoms with Gasteiger partial charge in [-0.3, -0.25) is 4.79 Å². The molecular weight excluding hydrogens is 348 g/mol. The van der Waals surface area contributed by atoms with Crippen molar-refractivity contribution in [3.63, 3.8) is 0 Å². The Kier molecular flexibility index (Phi) is 4.91. The molecule has 0 spiro atoms. The molecule has 0 amide bonds. The molecule has 3 rings (SSSR count). The Bertz CT molecular complexity index is 998. The summed E-state index contributed by atoms with van der Waals surface area (Å²) in [5.74, 6) is 5.67. The molecule has 0 radical (unpaired) electrons. The number of rotatable bonds is 1. The number of Topliss-reactive ketones (excluding diaryl/α,β-unsaturated/α-hetero) is 1. The second kappa shape index (κ2) is 6.92. The summed E-state index contributed by atoms with van der Waals surface area (Å²) in [6, 6.07) is 2.06. The highest BCUT2D eigenvalue weighted by molar-refractivity contribution is 6.10. The molecule has 0 aliphatic heterocycles. The van der Waals surface area contributed by atoms with Gasteiger partial charge in [-0.25, -0.2) is 4.85 Å².